The maximum atomic E-state index is 3.69. The standard InChI is InChI=1S/C16H21N3/c1-17-11-6-8-19-9-7-13-12-4-2-3-5-14(12)18-16(13)15(19)10-11/h2-5,11,15,17-18H,6-10H2,1H3/t11-,15-/m0/s1. The van der Waals surface area contributed by atoms with Gasteiger partial charge in [0.05, 0.1) is 6.04 Å². The van der Waals surface area contributed by atoms with Crippen molar-refractivity contribution in [1.29, 1.82) is 0 Å². The van der Waals surface area contributed by atoms with Crippen molar-refractivity contribution < 1.29 is 0 Å². The van der Waals surface area contributed by atoms with Crippen LogP contribution in [0.4, 0.5) is 0 Å². The summed E-state index contributed by atoms with van der Waals surface area (Å²) in [7, 11) is 2.09. The number of benzene rings is 1. The Hall–Kier alpha value is -1.32. The fourth-order valence-corrected chi connectivity index (χ4v) is 3.87. The van der Waals surface area contributed by atoms with Crippen LogP contribution in [-0.2, 0) is 6.42 Å². The lowest BCUT2D eigenvalue weighted by molar-refractivity contribution is 0.116. The zero-order valence-corrected chi connectivity index (χ0v) is 11.4. The van der Waals surface area contributed by atoms with Gasteiger partial charge >= 0.3 is 0 Å². The Morgan fingerprint density at radius 1 is 1.26 bits per heavy atom. The fourth-order valence-electron chi connectivity index (χ4n) is 3.87. The number of para-hydroxylation sites is 1. The summed E-state index contributed by atoms with van der Waals surface area (Å²) < 4.78 is 0. The Balaban J connectivity index is 1.80. The van der Waals surface area contributed by atoms with Gasteiger partial charge in [0.2, 0.25) is 0 Å². The van der Waals surface area contributed by atoms with Gasteiger partial charge in [-0.25, -0.2) is 0 Å². The number of nitrogens with one attached hydrogen (secondary N) is 2. The second kappa shape index (κ2) is 4.36. The minimum absolute atomic E-state index is 0.586. The lowest BCUT2D eigenvalue weighted by Crippen LogP contribution is -2.46. The highest BCUT2D eigenvalue weighted by atomic mass is 15.2. The van der Waals surface area contributed by atoms with E-state index in [9.17, 15) is 0 Å². The second-order valence-corrected chi connectivity index (χ2v) is 5.87. The number of rotatable bonds is 1. The van der Waals surface area contributed by atoms with Crippen LogP contribution in [0.15, 0.2) is 24.3 Å². The molecule has 3 heterocycles. The summed E-state index contributed by atoms with van der Waals surface area (Å²) >= 11 is 0. The van der Waals surface area contributed by atoms with E-state index in [4.69, 9.17) is 0 Å². The summed E-state index contributed by atoms with van der Waals surface area (Å²) in [6.07, 6.45) is 3.71. The van der Waals surface area contributed by atoms with E-state index in [1.54, 1.807) is 5.56 Å². The summed E-state index contributed by atoms with van der Waals surface area (Å²) in [5.41, 5.74) is 4.35. The first kappa shape index (κ1) is 11.5. The molecule has 19 heavy (non-hydrogen) atoms. The molecule has 0 spiro atoms. The summed E-state index contributed by atoms with van der Waals surface area (Å²) in [4.78, 5) is 6.35. The maximum absolute atomic E-state index is 3.69. The van der Waals surface area contributed by atoms with Crippen molar-refractivity contribution >= 4 is 10.9 Å². The smallest absolute Gasteiger partial charge is 0.0516 e. The number of hydrogen-bond donors (Lipinski definition) is 2. The first-order chi connectivity index (χ1) is 9.36. The van der Waals surface area contributed by atoms with Crippen molar-refractivity contribution in [3.05, 3.63) is 35.5 Å². The Morgan fingerprint density at radius 3 is 3.05 bits per heavy atom. The van der Waals surface area contributed by atoms with Gasteiger partial charge in [0, 0.05) is 35.7 Å². The highest BCUT2D eigenvalue weighted by Crippen LogP contribution is 2.39. The highest BCUT2D eigenvalue weighted by Gasteiger charge is 2.34. The first-order valence-electron chi connectivity index (χ1n) is 7.37. The average molecular weight is 255 g/mol. The van der Waals surface area contributed by atoms with E-state index in [2.05, 4.69) is 46.5 Å². The first-order valence-corrected chi connectivity index (χ1v) is 7.37. The topological polar surface area (TPSA) is 31.1 Å². The molecule has 0 saturated carbocycles. The molecule has 2 aliphatic heterocycles. The molecular formula is C16H21N3. The van der Waals surface area contributed by atoms with E-state index in [-0.39, 0.29) is 0 Å². The van der Waals surface area contributed by atoms with Crippen molar-refractivity contribution in [2.24, 2.45) is 0 Å². The number of fused-ring (bicyclic) bond motifs is 5. The lowest BCUT2D eigenvalue weighted by Gasteiger charge is -2.42. The molecule has 0 aliphatic carbocycles. The summed E-state index contributed by atoms with van der Waals surface area (Å²) in [5, 5.41) is 4.89. The SMILES string of the molecule is CN[C@H]1CCN2CCc3c([nH]c4ccccc34)[C@@H]2C1. The minimum Gasteiger partial charge on any atom is -0.357 e. The van der Waals surface area contributed by atoms with Crippen molar-refractivity contribution in [1.82, 2.24) is 15.2 Å². The van der Waals surface area contributed by atoms with Gasteiger partial charge < -0.3 is 10.3 Å². The van der Waals surface area contributed by atoms with E-state index >= 15 is 0 Å². The zero-order chi connectivity index (χ0) is 12.8. The molecule has 0 unspecified atom stereocenters. The molecule has 1 saturated heterocycles. The summed E-state index contributed by atoms with van der Waals surface area (Å²) in [6, 6.07) is 10.00. The van der Waals surface area contributed by atoms with Crippen molar-refractivity contribution in [3.63, 3.8) is 0 Å². The molecule has 0 bridgehead atoms. The third-order valence-corrected chi connectivity index (χ3v) is 4.95. The monoisotopic (exact) mass is 255 g/mol. The third kappa shape index (κ3) is 1.72. The number of hydrogen-bond acceptors (Lipinski definition) is 2. The van der Waals surface area contributed by atoms with Crippen LogP contribution in [0.25, 0.3) is 10.9 Å². The van der Waals surface area contributed by atoms with Crippen LogP contribution in [0, 0.1) is 0 Å². The predicted octanol–water partition coefficient (Wildman–Crippen LogP) is 2.45. The Bertz CT molecular complexity index is 601. The van der Waals surface area contributed by atoms with Gasteiger partial charge in [-0.2, -0.15) is 0 Å². The van der Waals surface area contributed by atoms with E-state index in [1.165, 1.54) is 48.9 Å². The average Bonchev–Trinajstić information content (AvgIpc) is 2.85. The summed E-state index contributed by atoms with van der Waals surface area (Å²) in [6.45, 7) is 2.45. The molecule has 1 aromatic carbocycles. The van der Waals surface area contributed by atoms with Crippen molar-refractivity contribution in [3.8, 4) is 0 Å². The molecule has 2 aromatic rings. The molecule has 2 aliphatic rings. The van der Waals surface area contributed by atoms with Crippen molar-refractivity contribution in [2.45, 2.75) is 31.3 Å². The van der Waals surface area contributed by atoms with Gasteiger partial charge in [0.1, 0.15) is 0 Å². The normalized spacial score (nSPS) is 27.2. The molecule has 0 radical (unpaired) electrons. The molecule has 1 aromatic heterocycles. The Labute approximate surface area is 114 Å². The molecule has 0 amide bonds. The van der Waals surface area contributed by atoms with Crippen molar-refractivity contribution in [2.75, 3.05) is 20.1 Å². The number of aromatic amines is 1. The van der Waals surface area contributed by atoms with Gasteiger partial charge in [-0.3, -0.25) is 4.90 Å². The van der Waals surface area contributed by atoms with Crippen LogP contribution in [0.1, 0.15) is 30.1 Å². The quantitative estimate of drug-likeness (QED) is 0.820. The van der Waals surface area contributed by atoms with Gasteiger partial charge in [-0.05, 0) is 37.9 Å². The van der Waals surface area contributed by atoms with Crippen LogP contribution in [0.5, 0.6) is 0 Å². The minimum atomic E-state index is 0.586. The number of nitrogens with zero attached hydrogens (tertiary/aromatic N) is 1. The van der Waals surface area contributed by atoms with Crippen LogP contribution in [-0.4, -0.2) is 36.1 Å². The van der Waals surface area contributed by atoms with E-state index in [0.717, 1.165) is 0 Å². The molecule has 3 heteroatoms. The van der Waals surface area contributed by atoms with Crippen LogP contribution in [0.3, 0.4) is 0 Å². The predicted molar refractivity (Wildman–Crippen MR) is 78.4 cm³/mol. The molecule has 4 rings (SSSR count). The van der Waals surface area contributed by atoms with Crippen LogP contribution < -0.4 is 5.32 Å². The molecule has 2 atom stereocenters. The van der Waals surface area contributed by atoms with E-state index in [1.807, 2.05) is 0 Å². The van der Waals surface area contributed by atoms with Gasteiger partial charge in [-0.15, -0.1) is 0 Å². The molecule has 1 fully saturated rings. The Kier molecular flexibility index (Phi) is 2.64. The largest absolute Gasteiger partial charge is 0.357 e. The zero-order valence-electron chi connectivity index (χ0n) is 11.4. The molecule has 100 valence electrons. The van der Waals surface area contributed by atoms with E-state index in [0.29, 0.717) is 12.1 Å². The van der Waals surface area contributed by atoms with Crippen LogP contribution in [0.2, 0.25) is 0 Å². The van der Waals surface area contributed by atoms with Gasteiger partial charge in [0.15, 0.2) is 0 Å². The number of piperidine rings is 1. The lowest BCUT2D eigenvalue weighted by atomic mass is 9.88. The molecule has 2 N–H and O–H groups in total. The Morgan fingerprint density at radius 2 is 2.16 bits per heavy atom. The highest BCUT2D eigenvalue weighted by molar-refractivity contribution is 5.85. The van der Waals surface area contributed by atoms with Crippen LogP contribution >= 0.6 is 0 Å². The summed E-state index contributed by atoms with van der Waals surface area (Å²) in [5.74, 6) is 0. The molecule has 3 nitrogen and oxygen atoms in total. The number of aromatic nitrogens is 1. The second-order valence-electron chi connectivity index (χ2n) is 5.87. The maximum Gasteiger partial charge on any atom is 0.0516 e. The fraction of sp³-hybridized carbons (Fsp3) is 0.500. The molecular weight excluding hydrogens is 234 g/mol. The van der Waals surface area contributed by atoms with Gasteiger partial charge in [-0.1, -0.05) is 18.2 Å². The van der Waals surface area contributed by atoms with E-state index < -0.39 is 0 Å². The van der Waals surface area contributed by atoms with Gasteiger partial charge in [0.25, 0.3) is 0 Å². The number of H-pyrrole nitrogens is 1. The third-order valence-electron chi connectivity index (χ3n) is 4.95.